The summed E-state index contributed by atoms with van der Waals surface area (Å²) >= 11 is 0. The molecule has 66 valence electrons. The van der Waals surface area contributed by atoms with Gasteiger partial charge in [0.05, 0.1) is 6.61 Å². The Morgan fingerprint density at radius 1 is 1.33 bits per heavy atom. The highest BCUT2D eigenvalue weighted by atomic mass is 16.8. The molecule has 0 spiro atoms. The molecule has 0 amide bonds. The Morgan fingerprint density at radius 2 is 2.08 bits per heavy atom. The molecule has 0 saturated carbocycles. The molecule has 2 rings (SSSR count). The van der Waals surface area contributed by atoms with Crippen LogP contribution in [0, 0.1) is 0 Å². The summed E-state index contributed by atoms with van der Waals surface area (Å²) in [7, 11) is 0. The van der Waals surface area contributed by atoms with Gasteiger partial charge in [-0.25, -0.2) is 0 Å². The molecule has 12 heavy (non-hydrogen) atoms. The van der Waals surface area contributed by atoms with E-state index < -0.39 is 5.79 Å². The van der Waals surface area contributed by atoms with Crippen molar-refractivity contribution < 1.29 is 9.47 Å². The molecule has 2 heteroatoms. The first-order valence-corrected chi connectivity index (χ1v) is 4.44. The van der Waals surface area contributed by atoms with Crippen molar-refractivity contribution in [2.75, 3.05) is 6.61 Å². The van der Waals surface area contributed by atoms with Crippen LogP contribution in [-0.4, -0.2) is 18.0 Å². The van der Waals surface area contributed by atoms with Gasteiger partial charge >= 0.3 is 0 Å². The fraction of sp³-hybridized carbons (Fsp3) is 0.600. The van der Waals surface area contributed by atoms with Gasteiger partial charge in [0.15, 0.2) is 0 Å². The number of hydrogen-bond donors (Lipinski definition) is 0. The fourth-order valence-electron chi connectivity index (χ4n) is 1.54. The highest BCUT2D eigenvalue weighted by molar-refractivity contribution is 5.34. The van der Waals surface area contributed by atoms with E-state index in [1.807, 2.05) is 31.2 Å². The smallest absolute Gasteiger partial charge is 0.222 e. The van der Waals surface area contributed by atoms with Crippen LogP contribution >= 0.6 is 0 Å². The van der Waals surface area contributed by atoms with Crippen LogP contribution in [0.1, 0.15) is 20.3 Å². The molecule has 1 heterocycles. The molecule has 0 N–H and O–H groups in total. The van der Waals surface area contributed by atoms with Gasteiger partial charge in [-0.05, 0) is 25.5 Å². The zero-order chi connectivity index (χ0) is 8.66. The number of hydrogen-bond acceptors (Lipinski definition) is 2. The Kier molecular flexibility index (Phi) is 1.63. The summed E-state index contributed by atoms with van der Waals surface area (Å²) in [4.78, 5) is 0. The van der Waals surface area contributed by atoms with Crippen molar-refractivity contribution >= 4 is 0 Å². The van der Waals surface area contributed by atoms with Crippen LogP contribution in [0.25, 0.3) is 0 Å². The second-order valence-electron chi connectivity index (χ2n) is 3.44. The SMILES string of the molecule is CCCOC12C=CC=CC1(C)O2. The first kappa shape index (κ1) is 8.02. The molecule has 1 aliphatic carbocycles. The minimum Gasteiger partial charge on any atom is -0.344 e. The molecule has 0 aromatic heterocycles. The van der Waals surface area contributed by atoms with E-state index in [0.29, 0.717) is 0 Å². The largest absolute Gasteiger partial charge is 0.344 e. The van der Waals surface area contributed by atoms with Crippen LogP contribution in [-0.2, 0) is 9.47 Å². The molecule has 2 atom stereocenters. The number of epoxide rings is 1. The summed E-state index contributed by atoms with van der Waals surface area (Å²) in [6.07, 6.45) is 9.04. The molecule has 2 nitrogen and oxygen atoms in total. The lowest BCUT2D eigenvalue weighted by Gasteiger charge is -2.13. The Morgan fingerprint density at radius 3 is 2.75 bits per heavy atom. The van der Waals surface area contributed by atoms with Crippen molar-refractivity contribution in [2.45, 2.75) is 31.7 Å². The van der Waals surface area contributed by atoms with Crippen molar-refractivity contribution in [1.82, 2.24) is 0 Å². The molecule has 0 bridgehead atoms. The van der Waals surface area contributed by atoms with Gasteiger partial charge in [0.1, 0.15) is 5.60 Å². The number of allylic oxidation sites excluding steroid dienone is 2. The maximum atomic E-state index is 5.64. The van der Waals surface area contributed by atoms with Crippen LogP contribution in [0.15, 0.2) is 24.3 Å². The van der Waals surface area contributed by atoms with E-state index in [9.17, 15) is 0 Å². The van der Waals surface area contributed by atoms with Gasteiger partial charge in [0.25, 0.3) is 0 Å². The topological polar surface area (TPSA) is 21.8 Å². The molecular formula is C10H14O2. The predicted molar refractivity (Wildman–Crippen MR) is 46.7 cm³/mol. The second-order valence-corrected chi connectivity index (χ2v) is 3.44. The minimum atomic E-state index is -0.433. The van der Waals surface area contributed by atoms with E-state index in [-0.39, 0.29) is 5.60 Å². The zero-order valence-corrected chi connectivity index (χ0v) is 7.54. The lowest BCUT2D eigenvalue weighted by molar-refractivity contribution is -0.00802. The second kappa shape index (κ2) is 2.44. The van der Waals surface area contributed by atoms with Crippen molar-refractivity contribution in [3.8, 4) is 0 Å². The number of fused-ring (bicyclic) bond motifs is 1. The molecular weight excluding hydrogens is 152 g/mol. The third-order valence-corrected chi connectivity index (χ3v) is 2.38. The maximum Gasteiger partial charge on any atom is 0.222 e. The highest BCUT2D eigenvalue weighted by Gasteiger charge is 2.66. The van der Waals surface area contributed by atoms with Crippen LogP contribution < -0.4 is 0 Å². The number of rotatable bonds is 3. The van der Waals surface area contributed by atoms with Crippen molar-refractivity contribution in [3.05, 3.63) is 24.3 Å². The average Bonchev–Trinajstić information content (AvgIpc) is 2.68. The minimum absolute atomic E-state index is 0.198. The zero-order valence-electron chi connectivity index (χ0n) is 7.54. The summed E-state index contributed by atoms with van der Waals surface area (Å²) in [6.45, 7) is 4.90. The summed E-state index contributed by atoms with van der Waals surface area (Å²) in [5.41, 5.74) is -0.198. The van der Waals surface area contributed by atoms with Crippen LogP contribution in [0.5, 0.6) is 0 Å². The molecule has 1 aliphatic heterocycles. The van der Waals surface area contributed by atoms with Gasteiger partial charge in [-0.3, -0.25) is 0 Å². The third kappa shape index (κ3) is 0.952. The van der Waals surface area contributed by atoms with E-state index in [2.05, 4.69) is 6.92 Å². The molecule has 2 unspecified atom stereocenters. The van der Waals surface area contributed by atoms with Gasteiger partial charge in [-0.15, -0.1) is 0 Å². The maximum absolute atomic E-state index is 5.64. The summed E-state index contributed by atoms with van der Waals surface area (Å²) < 4.78 is 11.2. The van der Waals surface area contributed by atoms with Gasteiger partial charge in [-0.1, -0.05) is 19.1 Å². The van der Waals surface area contributed by atoms with E-state index in [0.717, 1.165) is 13.0 Å². The predicted octanol–water partition coefficient (Wildman–Crippen LogP) is 2.02. The van der Waals surface area contributed by atoms with E-state index in [4.69, 9.17) is 9.47 Å². The summed E-state index contributed by atoms with van der Waals surface area (Å²) in [5, 5.41) is 0. The van der Waals surface area contributed by atoms with E-state index >= 15 is 0 Å². The van der Waals surface area contributed by atoms with Crippen molar-refractivity contribution in [3.63, 3.8) is 0 Å². The van der Waals surface area contributed by atoms with Crippen molar-refractivity contribution in [1.29, 1.82) is 0 Å². The Labute approximate surface area is 72.9 Å². The molecule has 0 aromatic carbocycles. The normalized spacial score (nSPS) is 42.8. The van der Waals surface area contributed by atoms with Crippen LogP contribution in [0.2, 0.25) is 0 Å². The lowest BCUT2D eigenvalue weighted by atomic mass is 10.00. The van der Waals surface area contributed by atoms with Gasteiger partial charge < -0.3 is 9.47 Å². The molecule has 1 saturated heterocycles. The molecule has 0 aromatic rings. The Balaban J connectivity index is 2.06. The quantitative estimate of drug-likeness (QED) is 0.598. The van der Waals surface area contributed by atoms with Crippen LogP contribution in [0.3, 0.4) is 0 Å². The number of ether oxygens (including phenoxy) is 2. The Bertz CT molecular complexity index is 244. The average molecular weight is 166 g/mol. The summed E-state index contributed by atoms with van der Waals surface area (Å²) in [6, 6.07) is 0. The van der Waals surface area contributed by atoms with Gasteiger partial charge in [-0.2, -0.15) is 0 Å². The highest BCUT2D eigenvalue weighted by Crippen LogP contribution is 2.52. The first-order chi connectivity index (χ1) is 5.72. The first-order valence-electron chi connectivity index (χ1n) is 4.44. The van der Waals surface area contributed by atoms with E-state index in [1.54, 1.807) is 0 Å². The molecule has 2 aliphatic rings. The lowest BCUT2D eigenvalue weighted by Crippen LogP contribution is -2.24. The van der Waals surface area contributed by atoms with Crippen molar-refractivity contribution in [2.24, 2.45) is 0 Å². The standard InChI is InChI=1S/C10H14O2/c1-3-8-11-10-7-5-4-6-9(10,2)12-10/h4-7H,3,8H2,1-2H3. The molecule has 0 radical (unpaired) electrons. The van der Waals surface area contributed by atoms with Crippen LogP contribution in [0.4, 0.5) is 0 Å². The van der Waals surface area contributed by atoms with Gasteiger partial charge in [0.2, 0.25) is 5.79 Å². The monoisotopic (exact) mass is 166 g/mol. The summed E-state index contributed by atoms with van der Waals surface area (Å²) in [5.74, 6) is -0.433. The third-order valence-electron chi connectivity index (χ3n) is 2.38. The van der Waals surface area contributed by atoms with E-state index in [1.165, 1.54) is 0 Å². The Hall–Kier alpha value is -0.600. The molecule has 1 fully saturated rings. The van der Waals surface area contributed by atoms with Gasteiger partial charge in [0, 0.05) is 0 Å². The fourth-order valence-corrected chi connectivity index (χ4v) is 1.54.